The van der Waals surface area contributed by atoms with Crippen molar-refractivity contribution in [3.05, 3.63) is 72.4 Å². The van der Waals surface area contributed by atoms with Crippen LogP contribution in [0.5, 0.6) is 0 Å². The molecule has 1 amide bonds. The zero-order valence-corrected chi connectivity index (χ0v) is 16.5. The molecule has 0 radical (unpaired) electrons. The van der Waals surface area contributed by atoms with E-state index in [-0.39, 0.29) is 23.2 Å². The number of hydrogen-bond acceptors (Lipinski definition) is 4. The van der Waals surface area contributed by atoms with Gasteiger partial charge in [0.15, 0.2) is 10.9 Å². The van der Waals surface area contributed by atoms with E-state index >= 15 is 0 Å². The fraction of sp³-hybridized carbons (Fsp3) is 0.190. The quantitative estimate of drug-likeness (QED) is 0.427. The Kier molecular flexibility index (Phi) is 6.94. The van der Waals surface area contributed by atoms with E-state index in [0.29, 0.717) is 16.8 Å². The number of alkyl halides is 3. The molecule has 2 aromatic carbocycles. The van der Waals surface area contributed by atoms with E-state index in [0.717, 1.165) is 16.3 Å². The van der Waals surface area contributed by atoms with Crippen LogP contribution in [-0.4, -0.2) is 39.7 Å². The number of imidazole rings is 1. The van der Waals surface area contributed by atoms with Gasteiger partial charge in [0.05, 0.1) is 24.2 Å². The number of halogens is 3. The van der Waals surface area contributed by atoms with Gasteiger partial charge in [-0.3, -0.25) is 9.59 Å². The maximum atomic E-state index is 13.1. The van der Waals surface area contributed by atoms with Crippen LogP contribution in [0.25, 0.3) is 11.3 Å². The topological polar surface area (TPSA) is 64.0 Å². The summed E-state index contributed by atoms with van der Waals surface area (Å²) in [5, 5.41) is 2.57. The van der Waals surface area contributed by atoms with E-state index in [9.17, 15) is 22.8 Å². The van der Waals surface area contributed by atoms with Gasteiger partial charge in [0.25, 0.3) is 0 Å². The summed E-state index contributed by atoms with van der Waals surface area (Å²) < 4.78 is 40.3. The van der Waals surface area contributed by atoms with E-state index in [1.54, 1.807) is 60.7 Å². The summed E-state index contributed by atoms with van der Waals surface area (Å²) in [5.41, 5.74) is 1.38. The first kappa shape index (κ1) is 21.6. The van der Waals surface area contributed by atoms with E-state index < -0.39 is 18.6 Å². The smallest absolute Gasteiger partial charge is 0.348 e. The van der Waals surface area contributed by atoms with Crippen molar-refractivity contribution in [1.82, 2.24) is 14.9 Å². The summed E-state index contributed by atoms with van der Waals surface area (Å²) in [6.45, 7) is -1.40. The number of rotatable bonds is 8. The molecule has 0 aliphatic carbocycles. The van der Waals surface area contributed by atoms with Gasteiger partial charge in [0, 0.05) is 5.56 Å². The van der Waals surface area contributed by atoms with Gasteiger partial charge in [-0.1, -0.05) is 72.4 Å². The van der Waals surface area contributed by atoms with Crippen LogP contribution < -0.4 is 5.32 Å². The molecule has 0 bridgehead atoms. The lowest BCUT2D eigenvalue weighted by atomic mass is 10.1. The third-order valence-electron chi connectivity index (χ3n) is 4.10. The Labute approximate surface area is 175 Å². The number of nitrogens with one attached hydrogen (secondary N) is 1. The third-order valence-corrected chi connectivity index (χ3v) is 5.09. The largest absolute Gasteiger partial charge is 0.406 e. The Morgan fingerprint density at radius 1 is 1.00 bits per heavy atom. The molecule has 0 spiro atoms. The molecule has 0 saturated carbocycles. The van der Waals surface area contributed by atoms with Crippen molar-refractivity contribution >= 4 is 23.5 Å². The molecule has 1 N–H and O–H groups in total. The molecule has 0 fully saturated rings. The Morgan fingerprint density at radius 3 is 2.27 bits per heavy atom. The second kappa shape index (κ2) is 9.62. The van der Waals surface area contributed by atoms with Crippen LogP contribution in [0.3, 0.4) is 0 Å². The average Bonchev–Trinajstić information content (AvgIpc) is 3.12. The highest BCUT2D eigenvalue weighted by Gasteiger charge is 2.31. The van der Waals surface area contributed by atoms with Gasteiger partial charge in [-0.25, -0.2) is 4.98 Å². The molecule has 30 heavy (non-hydrogen) atoms. The van der Waals surface area contributed by atoms with Crippen molar-refractivity contribution in [2.24, 2.45) is 0 Å². The highest BCUT2D eigenvalue weighted by Crippen LogP contribution is 2.29. The Bertz CT molecular complexity index is 1010. The lowest BCUT2D eigenvalue weighted by molar-refractivity contribution is -0.141. The SMILES string of the molecule is O=C(CSc1ncc(-c2ccccc2)n1CC(F)(F)F)NCC(=O)c1ccccc1. The molecule has 0 atom stereocenters. The average molecular weight is 433 g/mol. The van der Waals surface area contributed by atoms with Crippen molar-refractivity contribution in [2.75, 3.05) is 12.3 Å². The summed E-state index contributed by atoms with van der Waals surface area (Å²) in [6, 6.07) is 17.1. The van der Waals surface area contributed by atoms with Gasteiger partial charge in [-0.05, 0) is 5.56 Å². The molecule has 1 aromatic heterocycles. The van der Waals surface area contributed by atoms with Crippen molar-refractivity contribution in [1.29, 1.82) is 0 Å². The number of amides is 1. The van der Waals surface area contributed by atoms with E-state index in [1.165, 1.54) is 6.20 Å². The van der Waals surface area contributed by atoms with E-state index in [1.807, 2.05) is 0 Å². The van der Waals surface area contributed by atoms with Crippen LogP contribution in [0.15, 0.2) is 72.0 Å². The fourth-order valence-corrected chi connectivity index (χ4v) is 3.54. The zero-order valence-electron chi connectivity index (χ0n) is 15.7. The molecular weight excluding hydrogens is 415 g/mol. The minimum atomic E-state index is -4.44. The standard InChI is InChI=1S/C21H18F3N3O2S/c22-21(23,24)14-27-17(15-7-3-1-4-8-15)11-26-20(27)30-13-19(29)25-12-18(28)16-9-5-2-6-10-16/h1-11H,12-14H2,(H,25,29). The lowest BCUT2D eigenvalue weighted by Crippen LogP contribution is -2.31. The monoisotopic (exact) mass is 433 g/mol. The molecule has 0 aliphatic rings. The van der Waals surface area contributed by atoms with Gasteiger partial charge >= 0.3 is 6.18 Å². The second-order valence-electron chi connectivity index (χ2n) is 6.35. The number of thioether (sulfide) groups is 1. The lowest BCUT2D eigenvalue weighted by Gasteiger charge is -2.14. The van der Waals surface area contributed by atoms with Gasteiger partial charge in [0.1, 0.15) is 6.54 Å². The summed E-state index contributed by atoms with van der Waals surface area (Å²) in [6.07, 6.45) is -3.08. The number of hydrogen-bond donors (Lipinski definition) is 1. The minimum absolute atomic E-state index is 0.0794. The number of ketones is 1. The van der Waals surface area contributed by atoms with Gasteiger partial charge in [-0.2, -0.15) is 13.2 Å². The molecule has 3 rings (SSSR count). The number of aromatic nitrogens is 2. The van der Waals surface area contributed by atoms with Crippen molar-refractivity contribution in [3.63, 3.8) is 0 Å². The molecule has 0 aliphatic heterocycles. The summed E-state index contributed by atoms with van der Waals surface area (Å²) >= 11 is 0.887. The van der Waals surface area contributed by atoms with Crippen molar-refractivity contribution in [2.45, 2.75) is 17.9 Å². The molecule has 1 heterocycles. The van der Waals surface area contributed by atoms with Crippen LogP contribution >= 0.6 is 11.8 Å². The maximum absolute atomic E-state index is 13.1. The minimum Gasteiger partial charge on any atom is -0.348 e. The van der Waals surface area contributed by atoms with Crippen molar-refractivity contribution < 1.29 is 22.8 Å². The Morgan fingerprint density at radius 2 is 1.63 bits per heavy atom. The second-order valence-corrected chi connectivity index (χ2v) is 7.29. The first-order valence-corrected chi connectivity index (χ1v) is 9.97. The van der Waals surface area contributed by atoms with Crippen LogP contribution in [0.2, 0.25) is 0 Å². The Hall–Kier alpha value is -3.07. The number of benzene rings is 2. The molecule has 0 saturated heterocycles. The number of carbonyl (C=O) groups is 2. The predicted octanol–water partition coefficient (Wildman–Crippen LogP) is 4.20. The Balaban J connectivity index is 1.65. The number of carbonyl (C=O) groups excluding carboxylic acids is 2. The molecule has 3 aromatic rings. The first-order chi connectivity index (χ1) is 14.3. The van der Waals surface area contributed by atoms with E-state index in [4.69, 9.17) is 0 Å². The van der Waals surface area contributed by atoms with Crippen LogP contribution in [-0.2, 0) is 11.3 Å². The fourth-order valence-electron chi connectivity index (χ4n) is 2.73. The van der Waals surface area contributed by atoms with Crippen molar-refractivity contribution in [3.8, 4) is 11.3 Å². The summed E-state index contributed by atoms with van der Waals surface area (Å²) in [7, 11) is 0. The molecule has 0 unspecified atom stereocenters. The van der Waals surface area contributed by atoms with Gasteiger partial charge < -0.3 is 9.88 Å². The molecular formula is C21H18F3N3O2S. The zero-order chi connectivity index (χ0) is 21.6. The summed E-state index contributed by atoms with van der Waals surface area (Å²) in [4.78, 5) is 28.2. The summed E-state index contributed by atoms with van der Waals surface area (Å²) in [5.74, 6) is -0.878. The normalized spacial score (nSPS) is 11.3. The predicted molar refractivity (Wildman–Crippen MR) is 108 cm³/mol. The number of nitrogens with zero attached hydrogens (tertiary/aromatic N) is 2. The van der Waals surface area contributed by atoms with Crippen LogP contribution in [0.1, 0.15) is 10.4 Å². The van der Waals surface area contributed by atoms with Crippen LogP contribution in [0.4, 0.5) is 13.2 Å². The molecule has 5 nitrogen and oxygen atoms in total. The third kappa shape index (κ3) is 5.96. The highest BCUT2D eigenvalue weighted by atomic mass is 32.2. The molecule has 156 valence electrons. The molecule has 9 heteroatoms. The number of Topliss-reactive ketones (excluding diaryl/α,β-unsaturated/α-hetero) is 1. The van der Waals surface area contributed by atoms with E-state index in [2.05, 4.69) is 10.3 Å². The van der Waals surface area contributed by atoms with Crippen LogP contribution in [0, 0.1) is 0 Å². The first-order valence-electron chi connectivity index (χ1n) is 8.99. The van der Waals surface area contributed by atoms with Gasteiger partial charge in [0.2, 0.25) is 5.91 Å². The van der Waals surface area contributed by atoms with Gasteiger partial charge in [-0.15, -0.1) is 0 Å². The highest BCUT2D eigenvalue weighted by molar-refractivity contribution is 7.99. The maximum Gasteiger partial charge on any atom is 0.406 e.